The summed E-state index contributed by atoms with van der Waals surface area (Å²) < 4.78 is 5.44. The Kier molecular flexibility index (Phi) is 12.4. The molecule has 246 valence electrons. The predicted octanol–water partition coefficient (Wildman–Crippen LogP) is 3.31. The van der Waals surface area contributed by atoms with Crippen molar-refractivity contribution in [2.45, 2.75) is 57.8 Å². The fourth-order valence-electron chi connectivity index (χ4n) is 5.04. The van der Waals surface area contributed by atoms with Gasteiger partial charge in [0.05, 0.1) is 12.4 Å². The second-order valence-corrected chi connectivity index (χ2v) is 11.4. The maximum atomic E-state index is 14.0. The first kappa shape index (κ1) is 34.2. The number of nitrogens with one attached hydrogen (secondary N) is 5. The summed E-state index contributed by atoms with van der Waals surface area (Å²) in [4.78, 5) is 58.8. The van der Waals surface area contributed by atoms with Crippen molar-refractivity contribution in [3.8, 4) is 0 Å². The van der Waals surface area contributed by atoms with Gasteiger partial charge in [0.1, 0.15) is 18.7 Å². The van der Waals surface area contributed by atoms with Crippen LogP contribution >= 0.6 is 0 Å². The molecule has 0 aliphatic heterocycles. The van der Waals surface area contributed by atoms with Crippen LogP contribution in [0.5, 0.6) is 0 Å². The Morgan fingerprint density at radius 2 is 1.60 bits per heavy atom. The first-order valence-corrected chi connectivity index (χ1v) is 15.3. The van der Waals surface area contributed by atoms with Gasteiger partial charge in [-0.2, -0.15) is 5.10 Å². The van der Waals surface area contributed by atoms with E-state index in [0.717, 1.165) is 21.9 Å². The summed E-state index contributed by atoms with van der Waals surface area (Å²) >= 11 is 0. The van der Waals surface area contributed by atoms with Crippen LogP contribution in [0.3, 0.4) is 0 Å². The van der Waals surface area contributed by atoms with E-state index < -0.39 is 42.1 Å². The van der Waals surface area contributed by atoms with E-state index in [9.17, 15) is 19.2 Å². The Labute approximate surface area is 272 Å². The average molecular weight is 641 g/mol. The Hall–Kier alpha value is -5.72. The number of aromatic amines is 1. The molecule has 4 rings (SSSR count). The molecule has 0 aliphatic carbocycles. The third-order valence-corrected chi connectivity index (χ3v) is 7.22. The lowest BCUT2D eigenvalue weighted by atomic mass is 9.98. The summed E-state index contributed by atoms with van der Waals surface area (Å²) in [5.41, 5.74) is 9.47. The van der Waals surface area contributed by atoms with Gasteiger partial charge in [0.2, 0.25) is 11.8 Å². The van der Waals surface area contributed by atoms with E-state index in [1.165, 1.54) is 12.5 Å². The molecule has 5 amide bonds. The number of rotatable bonds is 15. The fraction of sp³-hybridized carbons (Fsp3) is 0.294. The molecule has 0 radical (unpaired) electrons. The number of nitrogens with zero attached hydrogens (tertiary/aromatic N) is 2. The molecule has 3 atom stereocenters. The van der Waals surface area contributed by atoms with Crippen LogP contribution in [-0.4, -0.2) is 58.2 Å². The number of hydrogen-bond donors (Lipinski definition) is 6. The van der Waals surface area contributed by atoms with E-state index in [1.54, 1.807) is 6.20 Å². The number of hydrogen-bond acceptors (Lipinski definition) is 7. The van der Waals surface area contributed by atoms with E-state index in [1.807, 2.05) is 86.6 Å². The number of nitrogens with two attached hydrogens (primary N) is 1. The number of carbonyl (C=O) groups is 4. The van der Waals surface area contributed by atoms with Crippen LogP contribution in [-0.2, 0) is 33.8 Å². The zero-order valence-electron chi connectivity index (χ0n) is 26.3. The number of ether oxygens (including phenoxy) is 1. The van der Waals surface area contributed by atoms with Gasteiger partial charge in [-0.3, -0.25) is 9.59 Å². The summed E-state index contributed by atoms with van der Waals surface area (Å²) in [6.07, 6.45) is 4.35. The predicted molar refractivity (Wildman–Crippen MR) is 178 cm³/mol. The van der Waals surface area contributed by atoms with Crippen molar-refractivity contribution >= 4 is 40.9 Å². The molecule has 47 heavy (non-hydrogen) atoms. The first-order valence-electron chi connectivity index (χ1n) is 15.3. The lowest BCUT2D eigenvalue weighted by Crippen LogP contribution is -2.56. The minimum atomic E-state index is -1.09. The molecular formula is C34H40N8O5. The van der Waals surface area contributed by atoms with Gasteiger partial charge in [-0.05, 0) is 34.2 Å². The van der Waals surface area contributed by atoms with Crippen LogP contribution in [0.4, 0.5) is 9.59 Å². The van der Waals surface area contributed by atoms with Crippen LogP contribution in [0, 0.1) is 5.92 Å². The third kappa shape index (κ3) is 11.0. The van der Waals surface area contributed by atoms with E-state index >= 15 is 0 Å². The minimum absolute atomic E-state index is 0.0174. The maximum Gasteiger partial charge on any atom is 0.408 e. The number of hydrazone groups is 1. The van der Waals surface area contributed by atoms with Crippen molar-refractivity contribution < 1.29 is 23.9 Å². The minimum Gasteiger partial charge on any atom is -0.445 e. The van der Waals surface area contributed by atoms with Crippen molar-refractivity contribution in [2.75, 3.05) is 0 Å². The van der Waals surface area contributed by atoms with Crippen molar-refractivity contribution in [2.24, 2.45) is 16.8 Å². The highest BCUT2D eigenvalue weighted by Gasteiger charge is 2.29. The highest BCUT2D eigenvalue weighted by molar-refractivity contribution is 5.93. The largest absolute Gasteiger partial charge is 0.445 e. The lowest BCUT2D eigenvalue weighted by Gasteiger charge is -2.25. The molecule has 4 aromatic rings. The molecule has 13 heteroatoms. The second kappa shape index (κ2) is 17.1. The van der Waals surface area contributed by atoms with Gasteiger partial charge in [0, 0.05) is 30.9 Å². The van der Waals surface area contributed by atoms with Gasteiger partial charge in [-0.15, -0.1) is 0 Å². The highest BCUT2D eigenvalue weighted by atomic mass is 16.5. The number of imidazole rings is 1. The van der Waals surface area contributed by atoms with Crippen molar-refractivity contribution in [1.29, 1.82) is 0 Å². The van der Waals surface area contributed by atoms with Crippen molar-refractivity contribution in [3.05, 3.63) is 102 Å². The number of primary amides is 1. The molecule has 1 heterocycles. The first-order chi connectivity index (χ1) is 22.7. The fourth-order valence-corrected chi connectivity index (χ4v) is 5.04. The number of aromatic nitrogens is 2. The topological polar surface area (TPSA) is 193 Å². The summed E-state index contributed by atoms with van der Waals surface area (Å²) in [6, 6.07) is 19.1. The number of H-pyrrole nitrogens is 1. The van der Waals surface area contributed by atoms with Gasteiger partial charge >= 0.3 is 12.1 Å². The molecule has 0 fully saturated rings. The van der Waals surface area contributed by atoms with Gasteiger partial charge < -0.3 is 31.4 Å². The number of benzene rings is 3. The highest BCUT2D eigenvalue weighted by Crippen LogP contribution is 2.20. The Morgan fingerprint density at radius 3 is 2.32 bits per heavy atom. The molecule has 7 N–H and O–H groups in total. The van der Waals surface area contributed by atoms with Crippen LogP contribution in [0.15, 0.2) is 90.4 Å². The number of fused-ring (bicyclic) bond motifs is 1. The van der Waals surface area contributed by atoms with Gasteiger partial charge in [0.25, 0.3) is 0 Å². The Balaban J connectivity index is 1.56. The Morgan fingerprint density at radius 1 is 0.894 bits per heavy atom. The SMILES string of the molecule is CC(C)C[C@@H](C=NNC(N)=O)NC(=O)[C@H](Cc1cnc[nH]1)NC(=O)[C@H](Cc1cccc2ccccc12)NC(=O)OCc1ccccc1. The number of amides is 5. The van der Waals surface area contributed by atoms with Crippen LogP contribution in [0.2, 0.25) is 0 Å². The molecule has 1 aromatic heterocycles. The van der Waals surface area contributed by atoms with Gasteiger partial charge in [-0.25, -0.2) is 20.0 Å². The van der Waals surface area contributed by atoms with Crippen LogP contribution in [0.1, 0.15) is 37.1 Å². The molecule has 3 aromatic carbocycles. The van der Waals surface area contributed by atoms with Crippen molar-refractivity contribution in [1.82, 2.24) is 31.3 Å². The number of alkyl carbamates (subject to hydrolysis) is 1. The molecule has 0 saturated carbocycles. The third-order valence-electron chi connectivity index (χ3n) is 7.22. The van der Waals surface area contributed by atoms with E-state index in [2.05, 4.69) is 36.4 Å². The van der Waals surface area contributed by atoms with Gasteiger partial charge in [-0.1, -0.05) is 86.6 Å². The molecule has 0 spiro atoms. The summed E-state index contributed by atoms with van der Waals surface area (Å²) in [5, 5.41) is 14.2. The second-order valence-electron chi connectivity index (χ2n) is 11.4. The summed E-state index contributed by atoms with van der Waals surface area (Å²) in [5.74, 6) is -0.921. The standard InChI is InChI=1S/C34H40N8O5/c1-22(2)15-27(19-38-42-33(35)45)39-31(43)30(17-26-18-36-21-37-26)40-32(44)29(41-34(46)47-20-23-9-4-3-5-10-23)16-25-13-8-12-24-11-6-7-14-28(24)25/h3-14,18-19,21-22,27,29-30H,15-17,20H2,1-2H3,(H,36,37)(H,39,43)(H,40,44)(H,41,46)(H3,35,42,45)/t27-,29-,30-/m0/s1. The molecule has 0 unspecified atom stereocenters. The average Bonchev–Trinajstić information content (AvgIpc) is 3.56. The van der Waals surface area contributed by atoms with E-state index in [-0.39, 0.29) is 25.4 Å². The molecule has 0 bridgehead atoms. The Bertz CT molecular complexity index is 1650. The molecule has 13 nitrogen and oxygen atoms in total. The van der Waals surface area contributed by atoms with Crippen LogP contribution in [0.25, 0.3) is 10.8 Å². The smallest absolute Gasteiger partial charge is 0.408 e. The number of urea groups is 1. The number of carbonyl (C=O) groups excluding carboxylic acids is 4. The zero-order chi connectivity index (χ0) is 33.6. The normalized spacial score (nSPS) is 13.1. The summed E-state index contributed by atoms with van der Waals surface area (Å²) in [6.45, 7) is 3.96. The quantitative estimate of drug-likeness (QED) is 0.0852. The zero-order valence-corrected chi connectivity index (χ0v) is 26.3. The molecule has 0 saturated heterocycles. The monoisotopic (exact) mass is 640 g/mol. The van der Waals surface area contributed by atoms with Gasteiger partial charge in [0.15, 0.2) is 0 Å². The molecular weight excluding hydrogens is 600 g/mol. The van der Waals surface area contributed by atoms with Crippen molar-refractivity contribution in [3.63, 3.8) is 0 Å². The molecule has 0 aliphatic rings. The van der Waals surface area contributed by atoms with E-state index in [0.29, 0.717) is 12.1 Å². The lowest BCUT2D eigenvalue weighted by molar-refractivity contribution is -0.130. The van der Waals surface area contributed by atoms with E-state index in [4.69, 9.17) is 10.5 Å². The maximum absolute atomic E-state index is 14.0. The van der Waals surface area contributed by atoms with Crippen LogP contribution < -0.4 is 27.1 Å². The summed E-state index contributed by atoms with van der Waals surface area (Å²) in [7, 11) is 0.